The summed E-state index contributed by atoms with van der Waals surface area (Å²) in [6.07, 6.45) is -0.116. The molecule has 0 aliphatic rings. The maximum Gasteiger partial charge on any atom is 0.333 e. The highest BCUT2D eigenvalue weighted by Crippen LogP contribution is 2.01. The molecular weight excluding hydrogens is 160 g/mol. The van der Waals surface area contributed by atoms with E-state index in [-0.39, 0.29) is 18.6 Å². The fourth-order valence-electron chi connectivity index (χ4n) is 0.552. The Balaban J connectivity index is 3.87. The van der Waals surface area contributed by atoms with Gasteiger partial charge >= 0.3 is 11.9 Å². The maximum absolute atomic E-state index is 10.9. The molecule has 0 fully saturated rings. The number of esters is 2. The number of hydrogen-bond donors (Lipinski definition) is 0. The molecule has 0 saturated heterocycles. The van der Waals surface area contributed by atoms with Crippen molar-refractivity contribution in [1.29, 1.82) is 0 Å². The first kappa shape index (κ1) is 10.7. The molecule has 0 aliphatic heterocycles. The van der Waals surface area contributed by atoms with E-state index in [0.717, 1.165) is 0 Å². The molecule has 0 atom stereocenters. The summed E-state index contributed by atoms with van der Waals surface area (Å²) in [4.78, 5) is 21.5. The Morgan fingerprint density at radius 3 is 2.42 bits per heavy atom. The number of ether oxygens (including phenoxy) is 2. The zero-order chi connectivity index (χ0) is 9.56. The van der Waals surface area contributed by atoms with Gasteiger partial charge in [0.1, 0.15) is 0 Å². The lowest BCUT2D eigenvalue weighted by molar-refractivity contribution is -0.144. The molecule has 0 radical (unpaired) electrons. The number of hydrogen-bond acceptors (Lipinski definition) is 4. The van der Waals surface area contributed by atoms with Gasteiger partial charge in [-0.05, 0) is 6.92 Å². The molecule has 0 heterocycles. The van der Waals surface area contributed by atoms with Crippen LogP contribution in [0, 0.1) is 0 Å². The molecule has 0 spiro atoms. The van der Waals surface area contributed by atoms with Crippen LogP contribution in [0.25, 0.3) is 0 Å². The molecule has 0 unspecified atom stereocenters. The number of rotatable bonds is 4. The Kier molecular flexibility index (Phi) is 4.76. The van der Waals surface area contributed by atoms with E-state index in [2.05, 4.69) is 16.1 Å². The van der Waals surface area contributed by atoms with Crippen LogP contribution in [0.5, 0.6) is 0 Å². The third kappa shape index (κ3) is 3.75. The van der Waals surface area contributed by atoms with E-state index in [1.807, 2.05) is 0 Å². The summed E-state index contributed by atoms with van der Waals surface area (Å²) in [5.41, 5.74) is 0.115. The first-order valence-electron chi connectivity index (χ1n) is 3.53. The minimum Gasteiger partial charge on any atom is -0.469 e. The largest absolute Gasteiger partial charge is 0.469 e. The predicted molar refractivity (Wildman–Crippen MR) is 42.4 cm³/mol. The van der Waals surface area contributed by atoms with E-state index in [1.165, 1.54) is 7.11 Å². The van der Waals surface area contributed by atoms with Gasteiger partial charge in [-0.25, -0.2) is 4.79 Å². The Labute approximate surface area is 71.2 Å². The second-order valence-corrected chi connectivity index (χ2v) is 2.08. The summed E-state index contributed by atoms with van der Waals surface area (Å²) in [5.74, 6) is -1.05. The Morgan fingerprint density at radius 1 is 1.42 bits per heavy atom. The highest BCUT2D eigenvalue weighted by Gasteiger charge is 2.12. The van der Waals surface area contributed by atoms with Crippen molar-refractivity contribution in [2.45, 2.75) is 13.3 Å². The lowest BCUT2D eigenvalue weighted by atomic mass is 10.2. The van der Waals surface area contributed by atoms with Crippen molar-refractivity contribution in [3.8, 4) is 0 Å². The third-order valence-electron chi connectivity index (χ3n) is 1.15. The summed E-state index contributed by atoms with van der Waals surface area (Å²) in [6, 6.07) is 0. The molecule has 0 aliphatic carbocycles. The highest BCUT2D eigenvalue weighted by atomic mass is 16.5. The average molecular weight is 172 g/mol. The molecule has 0 aromatic rings. The van der Waals surface area contributed by atoms with E-state index >= 15 is 0 Å². The molecule has 0 aromatic carbocycles. The van der Waals surface area contributed by atoms with Gasteiger partial charge in [0, 0.05) is 5.57 Å². The van der Waals surface area contributed by atoms with Crippen molar-refractivity contribution in [2.75, 3.05) is 13.7 Å². The smallest absolute Gasteiger partial charge is 0.333 e. The normalized spacial score (nSPS) is 8.83. The molecule has 68 valence electrons. The Bertz CT molecular complexity index is 195. The topological polar surface area (TPSA) is 52.6 Å². The quantitative estimate of drug-likeness (QED) is 0.462. The van der Waals surface area contributed by atoms with E-state index < -0.39 is 11.9 Å². The lowest BCUT2D eigenvalue weighted by Crippen LogP contribution is -2.11. The highest BCUT2D eigenvalue weighted by molar-refractivity contribution is 5.93. The molecule has 12 heavy (non-hydrogen) atoms. The fraction of sp³-hybridized carbons (Fsp3) is 0.500. The van der Waals surface area contributed by atoms with E-state index in [9.17, 15) is 9.59 Å². The van der Waals surface area contributed by atoms with Crippen molar-refractivity contribution in [3.05, 3.63) is 12.2 Å². The standard InChI is InChI=1S/C8H12O4/c1-4-12-8(10)6(2)5-7(9)11-3/h2,4-5H2,1,3H3. The van der Waals surface area contributed by atoms with Gasteiger partial charge in [-0.15, -0.1) is 0 Å². The van der Waals surface area contributed by atoms with Crippen molar-refractivity contribution in [2.24, 2.45) is 0 Å². The number of methoxy groups -OCH3 is 1. The SMILES string of the molecule is C=C(CC(=O)OC)C(=O)OCC. The van der Waals surface area contributed by atoms with E-state index in [0.29, 0.717) is 0 Å². The molecule has 4 heteroatoms. The van der Waals surface area contributed by atoms with Crippen LogP contribution in [0.3, 0.4) is 0 Å². The van der Waals surface area contributed by atoms with Crippen molar-refractivity contribution in [1.82, 2.24) is 0 Å². The van der Waals surface area contributed by atoms with Crippen LogP contribution in [-0.2, 0) is 19.1 Å². The molecule has 0 aromatic heterocycles. The monoisotopic (exact) mass is 172 g/mol. The fourth-order valence-corrected chi connectivity index (χ4v) is 0.552. The molecule has 0 N–H and O–H groups in total. The van der Waals surface area contributed by atoms with Crippen LogP contribution in [0.4, 0.5) is 0 Å². The molecule has 0 saturated carbocycles. The summed E-state index contributed by atoms with van der Waals surface area (Å²) >= 11 is 0. The zero-order valence-corrected chi connectivity index (χ0v) is 7.25. The van der Waals surface area contributed by atoms with E-state index in [1.54, 1.807) is 6.92 Å². The molecule has 0 rings (SSSR count). The van der Waals surface area contributed by atoms with Gasteiger partial charge in [0.05, 0.1) is 20.1 Å². The van der Waals surface area contributed by atoms with Crippen LogP contribution >= 0.6 is 0 Å². The molecular formula is C8H12O4. The summed E-state index contributed by atoms with van der Waals surface area (Å²) in [5, 5.41) is 0. The lowest BCUT2D eigenvalue weighted by Gasteiger charge is -2.02. The second-order valence-electron chi connectivity index (χ2n) is 2.08. The predicted octanol–water partition coefficient (Wildman–Crippen LogP) is 0.669. The minimum absolute atomic E-state index is 0.115. The van der Waals surface area contributed by atoms with Gasteiger partial charge in [-0.2, -0.15) is 0 Å². The summed E-state index contributed by atoms with van der Waals surface area (Å²) < 4.78 is 8.94. The molecule has 0 amide bonds. The summed E-state index contributed by atoms with van der Waals surface area (Å²) in [7, 11) is 1.25. The first-order valence-corrected chi connectivity index (χ1v) is 3.53. The second kappa shape index (κ2) is 5.35. The Hall–Kier alpha value is -1.32. The van der Waals surface area contributed by atoms with Crippen LogP contribution in [0.2, 0.25) is 0 Å². The van der Waals surface area contributed by atoms with Gasteiger partial charge in [-0.1, -0.05) is 6.58 Å². The number of carbonyl (C=O) groups is 2. The zero-order valence-electron chi connectivity index (χ0n) is 7.25. The molecule has 0 bridgehead atoms. The minimum atomic E-state index is -0.553. The van der Waals surface area contributed by atoms with Crippen molar-refractivity contribution < 1.29 is 19.1 Å². The van der Waals surface area contributed by atoms with Crippen LogP contribution in [0.1, 0.15) is 13.3 Å². The van der Waals surface area contributed by atoms with Gasteiger partial charge in [0.25, 0.3) is 0 Å². The van der Waals surface area contributed by atoms with Gasteiger partial charge < -0.3 is 9.47 Å². The third-order valence-corrected chi connectivity index (χ3v) is 1.15. The Morgan fingerprint density at radius 2 is 2.00 bits per heavy atom. The van der Waals surface area contributed by atoms with E-state index in [4.69, 9.17) is 0 Å². The molecule has 4 nitrogen and oxygen atoms in total. The first-order chi connectivity index (χ1) is 5.61. The van der Waals surface area contributed by atoms with Crippen molar-refractivity contribution in [3.63, 3.8) is 0 Å². The van der Waals surface area contributed by atoms with Gasteiger partial charge in [0.2, 0.25) is 0 Å². The maximum atomic E-state index is 10.9. The summed E-state index contributed by atoms with van der Waals surface area (Å²) in [6.45, 7) is 5.35. The number of carbonyl (C=O) groups excluding carboxylic acids is 2. The van der Waals surface area contributed by atoms with Crippen LogP contribution < -0.4 is 0 Å². The van der Waals surface area contributed by atoms with Crippen LogP contribution in [-0.4, -0.2) is 25.7 Å². The average Bonchev–Trinajstić information content (AvgIpc) is 2.04. The van der Waals surface area contributed by atoms with Crippen molar-refractivity contribution >= 4 is 11.9 Å². The van der Waals surface area contributed by atoms with Crippen LogP contribution in [0.15, 0.2) is 12.2 Å². The van der Waals surface area contributed by atoms with Gasteiger partial charge in [0.15, 0.2) is 0 Å². The van der Waals surface area contributed by atoms with Gasteiger partial charge in [-0.3, -0.25) is 4.79 Å².